The van der Waals surface area contributed by atoms with Crippen LogP contribution in [-0.2, 0) is 5.75 Å². The number of hydrogen-bond acceptors (Lipinski definition) is 4. The van der Waals surface area contributed by atoms with E-state index >= 15 is 0 Å². The number of amidine groups is 1. The van der Waals surface area contributed by atoms with Crippen LogP contribution in [0.2, 0.25) is 0 Å². The lowest BCUT2D eigenvalue weighted by atomic mass is 10.1. The van der Waals surface area contributed by atoms with Crippen molar-refractivity contribution in [3.05, 3.63) is 65.5 Å². The molecular weight excluding hydrogens is 320 g/mol. The van der Waals surface area contributed by atoms with Gasteiger partial charge in [-0.25, -0.2) is 8.78 Å². The maximum absolute atomic E-state index is 13.8. The first-order valence-electron chi connectivity index (χ1n) is 6.99. The Labute approximate surface area is 136 Å². The lowest BCUT2D eigenvalue weighted by Crippen LogP contribution is -2.34. The van der Waals surface area contributed by atoms with E-state index in [4.69, 9.17) is 0 Å². The summed E-state index contributed by atoms with van der Waals surface area (Å²) >= 11 is 1.35. The van der Waals surface area contributed by atoms with Crippen LogP contribution in [0.1, 0.15) is 15.9 Å². The number of aliphatic imine (C=N–C) groups is 1. The van der Waals surface area contributed by atoms with Gasteiger partial charge in [0.1, 0.15) is 17.2 Å². The Morgan fingerprint density at radius 3 is 2.70 bits per heavy atom. The number of amides is 1. The lowest BCUT2D eigenvalue weighted by molar-refractivity contribution is 0.0851. The van der Waals surface area contributed by atoms with Gasteiger partial charge in [0.2, 0.25) is 0 Å². The fourth-order valence-corrected chi connectivity index (χ4v) is 3.19. The quantitative estimate of drug-likeness (QED) is 0.867. The number of benzene rings is 1. The Bertz CT molecular complexity index is 732. The van der Waals surface area contributed by atoms with Gasteiger partial charge in [-0.05, 0) is 23.8 Å². The molecule has 1 aliphatic rings. The van der Waals surface area contributed by atoms with Crippen LogP contribution in [0.25, 0.3) is 0 Å². The molecule has 0 atom stereocenters. The predicted molar refractivity (Wildman–Crippen MR) is 85.2 cm³/mol. The number of thioether (sulfide) groups is 1. The first-order valence-corrected chi connectivity index (χ1v) is 7.97. The van der Waals surface area contributed by atoms with Gasteiger partial charge >= 0.3 is 0 Å². The van der Waals surface area contributed by atoms with Crippen LogP contribution in [0.4, 0.5) is 8.78 Å². The number of aromatic nitrogens is 1. The van der Waals surface area contributed by atoms with Crippen molar-refractivity contribution in [3.8, 4) is 0 Å². The third kappa shape index (κ3) is 3.39. The molecule has 0 spiro atoms. The molecule has 1 aromatic heterocycles. The second-order valence-corrected chi connectivity index (χ2v) is 5.81. The predicted octanol–water partition coefficient (Wildman–Crippen LogP) is 3.11. The fourth-order valence-electron chi connectivity index (χ4n) is 2.21. The Morgan fingerprint density at radius 2 is 2.00 bits per heavy atom. The Morgan fingerprint density at radius 1 is 1.22 bits per heavy atom. The van der Waals surface area contributed by atoms with E-state index in [-0.39, 0.29) is 0 Å². The van der Waals surface area contributed by atoms with E-state index in [1.54, 1.807) is 12.4 Å². The topological polar surface area (TPSA) is 45.6 Å². The molecule has 0 unspecified atom stereocenters. The van der Waals surface area contributed by atoms with Crippen LogP contribution >= 0.6 is 11.8 Å². The van der Waals surface area contributed by atoms with Crippen LogP contribution in [0.3, 0.4) is 0 Å². The maximum atomic E-state index is 13.8. The SMILES string of the molecule is O=C(c1c(F)cccc1F)N1CCN=C1SCc1cccnc1. The molecule has 1 aliphatic heterocycles. The van der Waals surface area contributed by atoms with Gasteiger partial charge in [-0.15, -0.1) is 0 Å². The van der Waals surface area contributed by atoms with Crippen LogP contribution < -0.4 is 0 Å². The number of hydrogen-bond donors (Lipinski definition) is 0. The van der Waals surface area contributed by atoms with Gasteiger partial charge in [0.05, 0.1) is 6.54 Å². The fraction of sp³-hybridized carbons (Fsp3) is 0.188. The van der Waals surface area contributed by atoms with Crippen molar-refractivity contribution in [3.63, 3.8) is 0 Å². The molecular formula is C16H13F2N3OS. The highest BCUT2D eigenvalue weighted by atomic mass is 32.2. The van der Waals surface area contributed by atoms with Crippen molar-refractivity contribution in [2.75, 3.05) is 13.1 Å². The van der Waals surface area contributed by atoms with Crippen molar-refractivity contribution >= 4 is 22.8 Å². The van der Waals surface area contributed by atoms with E-state index in [1.807, 2.05) is 12.1 Å². The molecule has 118 valence electrons. The van der Waals surface area contributed by atoms with Gasteiger partial charge in [0.25, 0.3) is 5.91 Å². The van der Waals surface area contributed by atoms with Gasteiger partial charge in [-0.3, -0.25) is 19.7 Å². The zero-order valence-corrected chi connectivity index (χ0v) is 12.9. The standard InChI is InChI=1S/C16H13F2N3OS/c17-12-4-1-5-13(18)14(12)15(22)21-8-7-20-16(21)23-10-11-3-2-6-19-9-11/h1-6,9H,7-8,10H2. The minimum Gasteiger partial charge on any atom is -0.285 e. The van der Waals surface area contributed by atoms with Gasteiger partial charge in [0, 0.05) is 24.7 Å². The number of rotatable bonds is 3. The van der Waals surface area contributed by atoms with Gasteiger partial charge in [0.15, 0.2) is 5.17 Å². The minimum atomic E-state index is -0.862. The van der Waals surface area contributed by atoms with Gasteiger partial charge in [-0.1, -0.05) is 23.9 Å². The molecule has 1 amide bonds. The molecule has 4 nitrogen and oxygen atoms in total. The molecule has 23 heavy (non-hydrogen) atoms. The minimum absolute atomic E-state index is 0.321. The molecule has 0 radical (unpaired) electrons. The third-order valence-electron chi connectivity index (χ3n) is 3.31. The molecule has 0 saturated heterocycles. The molecule has 2 aromatic rings. The van der Waals surface area contributed by atoms with Crippen molar-refractivity contribution in [2.24, 2.45) is 4.99 Å². The normalized spacial score (nSPS) is 14.0. The molecule has 0 bridgehead atoms. The first-order chi connectivity index (χ1) is 11.2. The average molecular weight is 333 g/mol. The summed E-state index contributed by atoms with van der Waals surface area (Å²) in [6, 6.07) is 7.12. The lowest BCUT2D eigenvalue weighted by Gasteiger charge is -2.18. The number of pyridine rings is 1. The van der Waals surface area contributed by atoms with E-state index < -0.39 is 23.1 Å². The highest BCUT2D eigenvalue weighted by Crippen LogP contribution is 2.23. The summed E-state index contributed by atoms with van der Waals surface area (Å²) in [5.74, 6) is -1.84. The van der Waals surface area contributed by atoms with E-state index in [9.17, 15) is 13.6 Å². The molecule has 1 aromatic carbocycles. The first kappa shape index (κ1) is 15.6. The summed E-state index contributed by atoms with van der Waals surface area (Å²) in [5.41, 5.74) is 0.445. The average Bonchev–Trinajstić information content (AvgIpc) is 3.02. The Hall–Kier alpha value is -2.28. The Kier molecular flexibility index (Phi) is 4.66. The summed E-state index contributed by atoms with van der Waals surface area (Å²) < 4.78 is 27.6. The van der Waals surface area contributed by atoms with E-state index in [1.165, 1.54) is 22.7 Å². The third-order valence-corrected chi connectivity index (χ3v) is 4.40. The number of nitrogens with zero attached hydrogens (tertiary/aromatic N) is 3. The van der Waals surface area contributed by atoms with Crippen molar-refractivity contribution < 1.29 is 13.6 Å². The highest BCUT2D eigenvalue weighted by molar-refractivity contribution is 8.13. The molecule has 0 fully saturated rings. The molecule has 7 heteroatoms. The van der Waals surface area contributed by atoms with Crippen molar-refractivity contribution in [1.82, 2.24) is 9.88 Å². The summed E-state index contributed by atoms with van der Waals surface area (Å²) in [6.07, 6.45) is 3.41. The zero-order valence-electron chi connectivity index (χ0n) is 12.1. The molecule has 2 heterocycles. The molecule has 3 rings (SSSR count). The van der Waals surface area contributed by atoms with Gasteiger partial charge < -0.3 is 0 Å². The Balaban J connectivity index is 1.75. The zero-order chi connectivity index (χ0) is 16.2. The summed E-state index contributed by atoms with van der Waals surface area (Å²) in [6.45, 7) is 0.749. The number of carbonyl (C=O) groups is 1. The van der Waals surface area contributed by atoms with Crippen LogP contribution in [0.15, 0.2) is 47.7 Å². The highest BCUT2D eigenvalue weighted by Gasteiger charge is 2.29. The largest absolute Gasteiger partial charge is 0.285 e. The maximum Gasteiger partial charge on any atom is 0.265 e. The summed E-state index contributed by atoms with van der Waals surface area (Å²) in [4.78, 5) is 22.1. The monoisotopic (exact) mass is 333 g/mol. The second kappa shape index (κ2) is 6.87. The van der Waals surface area contributed by atoms with E-state index in [2.05, 4.69) is 9.98 Å². The van der Waals surface area contributed by atoms with E-state index in [0.29, 0.717) is 24.0 Å². The van der Waals surface area contributed by atoms with Crippen molar-refractivity contribution in [2.45, 2.75) is 5.75 Å². The smallest absolute Gasteiger partial charge is 0.265 e. The van der Waals surface area contributed by atoms with Crippen molar-refractivity contribution in [1.29, 1.82) is 0 Å². The molecule has 0 N–H and O–H groups in total. The number of carbonyl (C=O) groups excluding carboxylic acids is 1. The van der Waals surface area contributed by atoms with Crippen LogP contribution in [0, 0.1) is 11.6 Å². The summed E-state index contributed by atoms with van der Waals surface area (Å²) in [7, 11) is 0. The molecule has 0 aliphatic carbocycles. The molecule has 0 saturated carbocycles. The second-order valence-electron chi connectivity index (χ2n) is 4.87. The summed E-state index contributed by atoms with van der Waals surface area (Å²) in [5, 5.41) is 0.474. The van der Waals surface area contributed by atoms with Gasteiger partial charge in [-0.2, -0.15) is 0 Å². The van der Waals surface area contributed by atoms with Crippen LogP contribution in [-0.4, -0.2) is 34.0 Å². The van der Waals surface area contributed by atoms with Crippen LogP contribution in [0.5, 0.6) is 0 Å². The number of halogens is 2. The van der Waals surface area contributed by atoms with E-state index in [0.717, 1.165) is 17.7 Å².